The molecule has 2 rings (SSSR count). The number of hydrogen-bond donors (Lipinski definition) is 1. The number of nitrogens with zero attached hydrogens (tertiary/aromatic N) is 1. The van der Waals surface area contributed by atoms with Crippen molar-refractivity contribution in [1.29, 1.82) is 0 Å². The van der Waals surface area contributed by atoms with Gasteiger partial charge in [-0.05, 0) is 30.7 Å². The summed E-state index contributed by atoms with van der Waals surface area (Å²) in [5, 5.41) is 15.1. The predicted molar refractivity (Wildman–Crippen MR) is 81.6 cm³/mol. The lowest BCUT2D eigenvalue weighted by molar-refractivity contribution is -0.385. The van der Waals surface area contributed by atoms with Gasteiger partial charge >= 0.3 is 0 Å². The molecule has 104 valence electrons. The normalized spacial score (nSPS) is 10.3. The highest BCUT2D eigenvalue weighted by atomic mass is 35.5. The average molecular weight is 311 g/mol. The van der Waals surface area contributed by atoms with Gasteiger partial charge in [-0.1, -0.05) is 35.3 Å². The number of hydrogen-bond acceptors (Lipinski definition) is 3. The summed E-state index contributed by atoms with van der Waals surface area (Å²) in [6.45, 7) is 2.22. The Labute approximate surface area is 126 Å². The van der Waals surface area contributed by atoms with Crippen molar-refractivity contribution >= 4 is 34.6 Å². The van der Waals surface area contributed by atoms with Gasteiger partial charge in [-0.25, -0.2) is 0 Å². The number of nitro benzene ring substituents is 1. The number of aryl methyl sites for hydroxylation is 1. The van der Waals surface area contributed by atoms with Crippen molar-refractivity contribution in [2.24, 2.45) is 0 Å². The molecule has 0 spiro atoms. The fraction of sp³-hybridized carbons (Fsp3) is 0.143. The van der Waals surface area contributed by atoms with Crippen LogP contribution in [0.3, 0.4) is 0 Å². The molecular weight excluding hydrogens is 299 g/mol. The van der Waals surface area contributed by atoms with Crippen molar-refractivity contribution in [3.63, 3.8) is 0 Å². The Bertz CT molecular complexity index is 639. The molecule has 1 N–H and O–H groups in total. The summed E-state index contributed by atoms with van der Waals surface area (Å²) in [5.74, 6) is 0. The van der Waals surface area contributed by atoms with E-state index in [0.29, 0.717) is 22.2 Å². The van der Waals surface area contributed by atoms with Crippen molar-refractivity contribution in [2.45, 2.75) is 13.5 Å². The van der Waals surface area contributed by atoms with Crippen LogP contribution in [0.5, 0.6) is 0 Å². The minimum absolute atomic E-state index is 0.00490. The van der Waals surface area contributed by atoms with E-state index in [1.165, 1.54) is 6.07 Å². The van der Waals surface area contributed by atoms with Crippen molar-refractivity contribution < 1.29 is 4.92 Å². The van der Waals surface area contributed by atoms with Crippen molar-refractivity contribution in [1.82, 2.24) is 0 Å². The van der Waals surface area contributed by atoms with Gasteiger partial charge in [0.05, 0.1) is 15.6 Å². The van der Waals surface area contributed by atoms with Crippen LogP contribution in [-0.4, -0.2) is 4.92 Å². The van der Waals surface area contributed by atoms with Crippen LogP contribution in [0, 0.1) is 17.0 Å². The maximum absolute atomic E-state index is 11.0. The minimum Gasteiger partial charge on any atom is -0.379 e. The first kappa shape index (κ1) is 14.6. The quantitative estimate of drug-likeness (QED) is 0.650. The van der Waals surface area contributed by atoms with Gasteiger partial charge in [-0.15, -0.1) is 0 Å². The molecule has 0 fully saturated rings. The van der Waals surface area contributed by atoms with Crippen LogP contribution in [0.1, 0.15) is 11.1 Å². The number of benzene rings is 2. The van der Waals surface area contributed by atoms with E-state index in [-0.39, 0.29) is 5.69 Å². The zero-order valence-corrected chi connectivity index (χ0v) is 12.2. The Morgan fingerprint density at radius 3 is 2.65 bits per heavy atom. The lowest BCUT2D eigenvalue weighted by Gasteiger charge is -2.11. The Hall–Kier alpha value is -1.78. The van der Waals surface area contributed by atoms with Crippen molar-refractivity contribution in [3.05, 3.63) is 67.7 Å². The number of halogens is 2. The maximum Gasteiger partial charge on any atom is 0.275 e. The molecule has 0 saturated carbocycles. The second-order valence-electron chi connectivity index (χ2n) is 4.32. The van der Waals surface area contributed by atoms with E-state index in [9.17, 15) is 10.1 Å². The molecule has 0 aliphatic carbocycles. The van der Waals surface area contributed by atoms with E-state index in [0.717, 1.165) is 11.3 Å². The molecule has 0 unspecified atom stereocenters. The average Bonchev–Trinajstić information content (AvgIpc) is 2.39. The van der Waals surface area contributed by atoms with Crippen LogP contribution >= 0.6 is 23.2 Å². The molecule has 0 aromatic heterocycles. The summed E-state index contributed by atoms with van der Waals surface area (Å²) >= 11 is 11.9. The molecule has 2 aromatic carbocycles. The third-order valence-electron chi connectivity index (χ3n) is 2.92. The van der Waals surface area contributed by atoms with Gasteiger partial charge in [0, 0.05) is 23.2 Å². The summed E-state index contributed by atoms with van der Waals surface area (Å²) in [5.41, 5.74) is 2.31. The Balaban J connectivity index is 2.25. The smallest absolute Gasteiger partial charge is 0.275 e. The van der Waals surface area contributed by atoms with Crippen LogP contribution in [-0.2, 0) is 6.54 Å². The SMILES string of the molecule is Cc1cccc(Cl)c1NCc1ccc(Cl)cc1[N+](=O)[O-]. The molecule has 2 aromatic rings. The summed E-state index contributed by atoms with van der Waals surface area (Å²) in [4.78, 5) is 10.6. The first-order valence-electron chi connectivity index (χ1n) is 5.91. The number of anilines is 1. The van der Waals surface area contributed by atoms with Crippen LogP contribution in [0.4, 0.5) is 11.4 Å². The molecule has 20 heavy (non-hydrogen) atoms. The molecule has 0 atom stereocenters. The van der Waals surface area contributed by atoms with Crippen LogP contribution < -0.4 is 5.32 Å². The standard InChI is InChI=1S/C14H12Cl2N2O2/c1-9-3-2-4-12(16)14(9)17-8-10-5-6-11(15)7-13(10)18(19)20/h2-7,17H,8H2,1H3. The van der Waals surface area contributed by atoms with Crippen LogP contribution in [0.2, 0.25) is 10.0 Å². The number of rotatable bonds is 4. The molecule has 6 heteroatoms. The topological polar surface area (TPSA) is 55.2 Å². The van der Waals surface area contributed by atoms with E-state index < -0.39 is 4.92 Å². The monoisotopic (exact) mass is 310 g/mol. The van der Waals surface area contributed by atoms with E-state index in [4.69, 9.17) is 23.2 Å². The fourth-order valence-electron chi connectivity index (χ4n) is 1.90. The zero-order chi connectivity index (χ0) is 14.7. The van der Waals surface area contributed by atoms with Gasteiger partial charge in [0.25, 0.3) is 5.69 Å². The third kappa shape index (κ3) is 3.21. The van der Waals surface area contributed by atoms with Gasteiger partial charge in [-0.3, -0.25) is 10.1 Å². The molecule has 0 aliphatic heterocycles. The molecule has 0 saturated heterocycles. The summed E-state index contributed by atoms with van der Waals surface area (Å²) in [6.07, 6.45) is 0. The summed E-state index contributed by atoms with van der Waals surface area (Å²) in [7, 11) is 0. The highest BCUT2D eigenvalue weighted by Crippen LogP contribution is 2.28. The largest absolute Gasteiger partial charge is 0.379 e. The zero-order valence-electron chi connectivity index (χ0n) is 10.7. The summed E-state index contributed by atoms with van der Waals surface area (Å²) < 4.78 is 0. The predicted octanol–water partition coefficient (Wildman–Crippen LogP) is 4.82. The van der Waals surface area contributed by atoms with Gasteiger partial charge in [0.15, 0.2) is 0 Å². The van der Waals surface area contributed by atoms with Crippen LogP contribution in [0.25, 0.3) is 0 Å². The fourth-order valence-corrected chi connectivity index (χ4v) is 2.35. The van der Waals surface area contributed by atoms with Gasteiger partial charge in [0.1, 0.15) is 0 Å². The highest BCUT2D eigenvalue weighted by Gasteiger charge is 2.14. The van der Waals surface area contributed by atoms with Gasteiger partial charge in [-0.2, -0.15) is 0 Å². The van der Waals surface area contributed by atoms with E-state index in [2.05, 4.69) is 5.32 Å². The number of para-hydroxylation sites is 1. The highest BCUT2D eigenvalue weighted by molar-refractivity contribution is 6.33. The Morgan fingerprint density at radius 1 is 1.25 bits per heavy atom. The van der Waals surface area contributed by atoms with E-state index in [1.54, 1.807) is 18.2 Å². The first-order valence-corrected chi connectivity index (χ1v) is 6.66. The van der Waals surface area contributed by atoms with Crippen LogP contribution in [0.15, 0.2) is 36.4 Å². The Kier molecular flexibility index (Phi) is 4.47. The minimum atomic E-state index is -0.442. The second kappa shape index (κ2) is 6.11. The summed E-state index contributed by atoms with van der Waals surface area (Å²) in [6, 6.07) is 10.2. The molecule has 0 bridgehead atoms. The molecular formula is C14H12Cl2N2O2. The maximum atomic E-state index is 11.0. The lowest BCUT2D eigenvalue weighted by Crippen LogP contribution is -2.04. The first-order chi connectivity index (χ1) is 9.49. The Morgan fingerprint density at radius 2 is 2.00 bits per heavy atom. The molecule has 0 heterocycles. The van der Waals surface area contributed by atoms with Crippen molar-refractivity contribution in [2.75, 3.05) is 5.32 Å². The molecule has 0 aliphatic rings. The van der Waals surface area contributed by atoms with E-state index >= 15 is 0 Å². The molecule has 4 nitrogen and oxygen atoms in total. The number of nitro groups is 1. The van der Waals surface area contributed by atoms with Crippen molar-refractivity contribution in [3.8, 4) is 0 Å². The van der Waals surface area contributed by atoms with Gasteiger partial charge < -0.3 is 5.32 Å². The second-order valence-corrected chi connectivity index (χ2v) is 5.16. The molecule has 0 radical (unpaired) electrons. The third-order valence-corrected chi connectivity index (χ3v) is 3.47. The number of nitrogens with one attached hydrogen (secondary N) is 1. The van der Waals surface area contributed by atoms with Gasteiger partial charge in [0.2, 0.25) is 0 Å². The van der Waals surface area contributed by atoms with E-state index in [1.807, 2.05) is 19.1 Å². The lowest BCUT2D eigenvalue weighted by atomic mass is 10.1. The molecule has 0 amide bonds.